The molecule has 15 heavy (non-hydrogen) atoms. The zero-order valence-corrected chi connectivity index (χ0v) is 10.8. The molecule has 0 saturated carbocycles. The maximum atomic E-state index is 4.88. The Morgan fingerprint density at radius 2 is 1.93 bits per heavy atom. The average Bonchev–Trinajstić information content (AvgIpc) is 2.75. The van der Waals surface area contributed by atoms with Gasteiger partial charge in [-0.05, 0) is 19.3 Å². The van der Waals surface area contributed by atoms with Crippen LogP contribution in [0.3, 0.4) is 0 Å². The number of rotatable bonds is 4. The van der Waals surface area contributed by atoms with E-state index in [4.69, 9.17) is 4.74 Å². The van der Waals surface area contributed by atoms with Crippen LogP contribution >= 0.6 is 12.9 Å². The van der Waals surface area contributed by atoms with E-state index in [-0.39, 0.29) is 0 Å². The molecule has 0 aliphatic heterocycles. The highest BCUT2D eigenvalue weighted by molar-refractivity contribution is 7.75. The molecule has 1 aromatic heterocycles. The Morgan fingerprint density at radius 3 is 2.33 bits per heavy atom. The summed E-state index contributed by atoms with van der Waals surface area (Å²) < 4.78 is 10.6. The summed E-state index contributed by atoms with van der Waals surface area (Å²) in [5.41, 5.74) is 0. The van der Waals surface area contributed by atoms with E-state index in [1.165, 1.54) is 13.4 Å². The fourth-order valence-corrected chi connectivity index (χ4v) is 0.719. The monoisotopic (exact) mass is 235 g/mol. The predicted molar refractivity (Wildman–Crippen MR) is 63.9 cm³/mol. The molecule has 0 fully saturated rings. The topological polar surface area (TPSA) is 49.2 Å². The largest absolute Gasteiger partial charge is 0.385 e. The average molecular weight is 235 g/mol. The van der Waals surface area contributed by atoms with Crippen LogP contribution in [-0.4, -0.2) is 35.6 Å². The quantitative estimate of drug-likeness (QED) is 0.491. The molecule has 0 N–H and O–H groups in total. The molecule has 0 aliphatic carbocycles. The van der Waals surface area contributed by atoms with E-state index in [0.717, 1.165) is 19.6 Å². The van der Waals surface area contributed by atoms with Crippen LogP contribution in [0.4, 0.5) is 0 Å². The summed E-state index contributed by atoms with van der Waals surface area (Å²) in [5.74, 6) is 0. The van der Waals surface area contributed by atoms with Crippen LogP contribution < -0.4 is 0 Å². The number of methoxy groups -OCH3 is 1. The first kappa shape index (κ1) is 16.8. The number of ether oxygens (including phenoxy) is 1. The minimum atomic E-state index is 0.778. The van der Waals surface area contributed by atoms with Gasteiger partial charge in [-0.3, -0.25) is 4.68 Å². The van der Waals surface area contributed by atoms with Crippen LogP contribution in [0.2, 0.25) is 0 Å². The molecule has 0 unspecified atom stereocenters. The predicted octanol–water partition coefficient (Wildman–Crippen LogP) is 1.82. The van der Waals surface area contributed by atoms with Crippen molar-refractivity contribution in [2.45, 2.75) is 26.8 Å². The molecular weight excluding hydrogens is 214 g/mol. The minimum Gasteiger partial charge on any atom is -0.385 e. The first-order valence-corrected chi connectivity index (χ1v) is 5.20. The Balaban J connectivity index is 0. The molecule has 1 aromatic rings. The van der Waals surface area contributed by atoms with Crippen LogP contribution in [0.15, 0.2) is 12.7 Å². The van der Waals surface area contributed by atoms with Gasteiger partial charge < -0.3 is 8.92 Å². The molecule has 0 atom stereocenters. The molecule has 0 saturated heterocycles. The van der Waals surface area contributed by atoms with Crippen LogP contribution in [0.5, 0.6) is 0 Å². The summed E-state index contributed by atoms with van der Waals surface area (Å²) in [6.07, 6.45) is 4.22. The van der Waals surface area contributed by atoms with Crippen molar-refractivity contribution in [3.8, 4) is 0 Å². The third-order valence-electron chi connectivity index (χ3n) is 1.20. The molecule has 90 valence electrons. The maximum absolute atomic E-state index is 4.88. The Bertz CT molecular complexity index is 183. The molecule has 0 aromatic carbocycles. The number of hydrogen-bond donors (Lipinski definition) is 1. The molecule has 5 nitrogen and oxygen atoms in total. The van der Waals surface area contributed by atoms with Crippen molar-refractivity contribution in [2.24, 2.45) is 0 Å². The summed E-state index contributed by atoms with van der Waals surface area (Å²) in [5, 5.41) is 3.94. The van der Waals surface area contributed by atoms with Crippen molar-refractivity contribution in [1.82, 2.24) is 14.8 Å². The lowest BCUT2D eigenvalue weighted by atomic mass is 10.5. The van der Waals surface area contributed by atoms with E-state index in [1.807, 2.05) is 13.8 Å². The number of aryl methyl sites for hydroxylation is 1. The van der Waals surface area contributed by atoms with Crippen molar-refractivity contribution in [2.75, 3.05) is 20.8 Å². The highest BCUT2D eigenvalue weighted by atomic mass is 32.1. The third-order valence-corrected chi connectivity index (χ3v) is 1.20. The third kappa shape index (κ3) is 13.4. The molecule has 0 radical (unpaired) electrons. The van der Waals surface area contributed by atoms with Crippen LogP contribution in [-0.2, 0) is 15.5 Å². The van der Waals surface area contributed by atoms with Gasteiger partial charge in [0, 0.05) is 27.4 Å². The van der Waals surface area contributed by atoms with Gasteiger partial charge in [-0.15, -0.1) is 0 Å². The molecular formula is C9H21N3O2S. The summed E-state index contributed by atoms with van der Waals surface area (Å²) in [6.45, 7) is 5.66. The Labute approximate surface area is 97.4 Å². The number of aromatic nitrogens is 3. The maximum Gasteiger partial charge on any atom is 0.137 e. The van der Waals surface area contributed by atoms with Gasteiger partial charge in [-0.2, -0.15) is 5.10 Å². The van der Waals surface area contributed by atoms with E-state index < -0.39 is 0 Å². The summed E-state index contributed by atoms with van der Waals surface area (Å²) in [7, 11) is 3.18. The fourth-order valence-electron chi connectivity index (χ4n) is 0.719. The lowest BCUT2D eigenvalue weighted by molar-refractivity contribution is 0.189. The van der Waals surface area contributed by atoms with Gasteiger partial charge in [0.15, 0.2) is 0 Å². The van der Waals surface area contributed by atoms with Gasteiger partial charge in [-0.25, -0.2) is 4.98 Å². The van der Waals surface area contributed by atoms with Crippen LogP contribution in [0.25, 0.3) is 0 Å². The standard InChI is InChI=1S/C6H11N3O.C2H6.CH4OS/c1-10-4-2-3-9-6-7-5-8-9;1-2;1-2-3/h5-6H,2-4H2,1H3;1-2H3;3H,1H3. The van der Waals surface area contributed by atoms with Gasteiger partial charge >= 0.3 is 0 Å². The van der Waals surface area contributed by atoms with Gasteiger partial charge in [0.25, 0.3) is 0 Å². The van der Waals surface area contributed by atoms with E-state index in [2.05, 4.69) is 27.2 Å². The summed E-state index contributed by atoms with van der Waals surface area (Å²) in [6, 6.07) is 0. The highest BCUT2D eigenvalue weighted by Crippen LogP contribution is 1.86. The molecule has 6 heteroatoms. The van der Waals surface area contributed by atoms with Crippen molar-refractivity contribution in [3.05, 3.63) is 12.7 Å². The summed E-state index contributed by atoms with van der Waals surface area (Å²) in [4.78, 5) is 3.81. The molecule has 1 heterocycles. The molecule has 0 spiro atoms. The molecule has 0 amide bonds. The summed E-state index contributed by atoms with van der Waals surface area (Å²) >= 11 is 3.29. The van der Waals surface area contributed by atoms with Crippen molar-refractivity contribution < 1.29 is 8.92 Å². The van der Waals surface area contributed by atoms with Gasteiger partial charge in [-0.1, -0.05) is 13.8 Å². The fraction of sp³-hybridized carbons (Fsp3) is 0.778. The highest BCUT2D eigenvalue weighted by Gasteiger charge is 1.88. The van der Waals surface area contributed by atoms with Crippen LogP contribution in [0, 0.1) is 0 Å². The smallest absolute Gasteiger partial charge is 0.137 e. The number of hydrogen-bond acceptors (Lipinski definition) is 5. The Morgan fingerprint density at radius 1 is 1.33 bits per heavy atom. The molecule has 0 bridgehead atoms. The van der Waals surface area contributed by atoms with E-state index in [0.29, 0.717) is 0 Å². The molecule has 1 rings (SSSR count). The van der Waals surface area contributed by atoms with Gasteiger partial charge in [0.05, 0.1) is 0 Å². The van der Waals surface area contributed by atoms with Crippen molar-refractivity contribution in [1.29, 1.82) is 0 Å². The second-order valence-corrected chi connectivity index (χ2v) is 2.55. The van der Waals surface area contributed by atoms with Crippen LogP contribution in [0.1, 0.15) is 20.3 Å². The Kier molecular flexibility index (Phi) is 17.8. The number of nitrogens with zero attached hydrogens (tertiary/aromatic N) is 3. The second kappa shape index (κ2) is 15.9. The first-order valence-electron chi connectivity index (χ1n) is 4.84. The normalized spacial score (nSPS) is 8.33. The lowest BCUT2D eigenvalue weighted by Crippen LogP contribution is -2.01. The van der Waals surface area contributed by atoms with Crippen molar-refractivity contribution >= 4 is 12.9 Å². The zero-order chi connectivity index (χ0) is 11.9. The molecule has 0 aliphatic rings. The van der Waals surface area contributed by atoms with Gasteiger partial charge in [0.1, 0.15) is 12.7 Å². The van der Waals surface area contributed by atoms with E-state index in [1.54, 1.807) is 18.1 Å². The Hall–Kier alpha value is -0.590. The van der Waals surface area contributed by atoms with Gasteiger partial charge in [0.2, 0.25) is 0 Å². The zero-order valence-electron chi connectivity index (χ0n) is 9.88. The van der Waals surface area contributed by atoms with E-state index in [9.17, 15) is 0 Å². The number of thiol groups is 1. The first-order chi connectivity index (χ1) is 7.35. The SMILES string of the molecule is CC.COCCCn1cncn1.COS. The second-order valence-electron chi connectivity index (χ2n) is 2.19. The van der Waals surface area contributed by atoms with Crippen molar-refractivity contribution in [3.63, 3.8) is 0 Å². The minimum absolute atomic E-state index is 0.778. The lowest BCUT2D eigenvalue weighted by Gasteiger charge is -1.97. The van der Waals surface area contributed by atoms with E-state index >= 15 is 0 Å².